The summed E-state index contributed by atoms with van der Waals surface area (Å²) in [7, 11) is 0. The highest BCUT2D eigenvalue weighted by Crippen LogP contribution is 2.23. The molecule has 9 heteroatoms. The molecule has 0 unspecified atom stereocenters. The van der Waals surface area contributed by atoms with E-state index >= 15 is 0 Å². The third-order valence-corrected chi connectivity index (χ3v) is 5.84. The van der Waals surface area contributed by atoms with Crippen molar-refractivity contribution in [2.45, 2.75) is 20.1 Å². The average molecular weight is 462 g/mol. The standard InChI is InChI=1S/C23H22ClF2N3O3/c1-15-19(14-31-17-7-5-16(25)6-8-17)22(27-32-15)23(30)29-11-9-28(10-12-29)13-18-20(24)3-2-4-21(18)26/h2-8H,9-14H2,1H3. The summed E-state index contributed by atoms with van der Waals surface area (Å²) in [5.74, 6) is 0.0305. The molecule has 1 aliphatic heterocycles. The lowest BCUT2D eigenvalue weighted by Crippen LogP contribution is -2.48. The summed E-state index contributed by atoms with van der Waals surface area (Å²) in [6.45, 7) is 4.26. The van der Waals surface area contributed by atoms with E-state index < -0.39 is 0 Å². The molecule has 1 aliphatic rings. The van der Waals surface area contributed by atoms with Crippen LogP contribution in [0.2, 0.25) is 5.02 Å². The number of aromatic nitrogens is 1. The molecule has 1 saturated heterocycles. The van der Waals surface area contributed by atoms with Crippen LogP contribution >= 0.6 is 11.6 Å². The zero-order chi connectivity index (χ0) is 22.7. The van der Waals surface area contributed by atoms with Crippen LogP contribution in [0.5, 0.6) is 5.75 Å². The van der Waals surface area contributed by atoms with Gasteiger partial charge in [0, 0.05) is 43.3 Å². The topological polar surface area (TPSA) is 58.8 Å². The average Bonchev–Trinajstić information content (AvgIpc) is 3.16. The Morgan fingerprint density at radius 3 is 2.50 bits per heavy atom. The number of ether oxygens (including phenoxy) is 1. The lowest BCUT2D eigenvalue weighted by molar-refractivity contribution is 0.0615. The van der Waals surface area contributed by atoms with Crippen molar-refractivity contribution in [3.05, 3.63) is 81.7 Å². The third-order valence-electron chi connectivity index (χ3n) is 5.49. The maximum atomic E-state index is 14.1. The minimum atomic E-state index is -0.356. The summed E-state index contributed by atoms with van der Waals surface area (Å²) in [5.41, 5.74) is 1.22. The minimum absolute atomic E-state index is 0.0772. The van der Waals surface area contributed by atoms with Crippen molar-refractivity contribution < 1.29 is 22.8 Å². The van der Waals surface area contributed by atoms with Gasteiger partial charge in [0.15, 0.2) is 5.69 Å². The Balaban J connectivity index is 1.37. The molecule has 32 heavy (non-hydrogen) atoms. The Hall–Kier alpha value is -2.97. The van der Waals surface area contributed by atoms with E-state index in [2.05, 4.69) is 10.1 Å². The van der Waals surface area contributed by atoms with E-state index in [1.165, 1.54) is 30.3 Å². The number of piperazine rings is 1. The van der Waals surface area contributed by atoms with E-state index in [1.54, 1.807) is 24.0 Å². The van der Waals surface area contributed by atoms with Gasteiger partial charge in [-0.05, 0) is 43.3 Å². The quantitative estimate of drug-likeness (QED) is 0.542. The molecule has 168 valence electrons. The molecule has 0 saturated carbocycles. The van der Waals surface area contributed by atoms with Crippen LogP contribution in [0.1, 0.15) is 27.4 Å². The van der Waals surface area contributed by atoms with Crippen LogP contribution in [-0.2, 0) is 13.2 Å². The molecule has 4 rings (SSSR count). The van der Waals surface area contributed by atoms with Crippen molar-refractivity contribution in [1.82, 2.24) is 15.0 Å². The molecule has 0 N–H and O–H groups in total. The maximum absolute atomic E-state index is 14.1. The summed E-state index contributed by atoms with van der Waals surface area (Å²) in [6.07, 6.45) is 0. The van der Waals surface area contributed by atoms with E-state index in [-0.39, 0.29) is 29.8 Å². The van der Waals surface area contributed by atoms with Crippen LogP contribution in [0, 0.1) is 18.6 Å². The molecule has 6 nitrogen and oxygen atoms in total. The van der Waals surface area contributed by atoms with Gasteiger partial charge < -0.3 is 14.2 Å². The van der Waals surface area contributed by atoms with Crippen molar-refractivity contribution in [3.8, 4) is 5.75 Å². The van der Waals surface area contributed by atoms with Crippen molar-refractivity contribution >= 4 is 17.5 Å². The molecule has 0 spiro atoms. The minimum Gasteiger partial charge on any atom is -0.489 e. The number of halogens is 3. The maximum Gasteiger partial charge on any atom is 0.276 e. The highest BCUT2D eigenvalue weighted by molar-refractivity contribution is 6.31. The number of aryl methyl sites for hydroxylation is 1. The number of carbonyl (C=O) groups is 1. The second-order valence-electron chi connectivity index (χ2n) is 7.58. The fourth-order valence-corrected chi connectivity index (χ4v) is 3.80. The monoisotopic (exact) mass is 461 g/mol. The first-order valence-corrected chi connectivity index (χ1v) is 10.6. The number of rotatable bonds is 6. The van der Waals surface area contributed by atoms with E-state index in [1.807, 2.05) is 0 Å². The van der Waals surface area contributed by atoms with Gasteiger partial charge in [0.1, 0.15) is 29.8 Å². The molecular weight excluding hydrogens is 440 g/mol. The van der Waals surface area contributed by atoms with Crippen LogP contribution in [0.3, 0.4) is 0 Å². The second kappa shape index (κ2) is 9.67. The van der Waals surface area contributed by atoms with Crippen LogP contribution < -0.4 is 4.74 Å². The van der Waals surface area contributed by atoms with Crippen LogP contribution in [0.4, 0.5) is 8.78 Å². The van der Waals surface area contributed by atoms with Crippen molar-refractivity contribution in [3.63, 3.8) is 0 Å². The normalized spacial score (nSPS) is 14.6. The van der Waals surface area contributed by atoms with Gasteiger partial charge in [-0.25, -0.2) is 8.78 Å². The van der Waals surface area contributed by atoms with Crippen LogP contribution in [-0.4, -0.2) is 47.0 Å². The Labute approximate surface area is 189 Å². The SMILES string of the molecule is Cc1onc(C(=O)N2CCN(Cc3c(F)cccc3Cl)CC2)c1COc1ccc(F)cc1. The number of hydrogen-bond donors (Lipinski definition) is 0. The Bertz CT molecular complexity index is 1080. The van der Waals surface area contributed by atoms with Gasteiger partial charge in [0.25, 0.3) is 5.91 Å². The predicted molar refractivity (Wildman–Crippen MR) is 115 cm³/mol. The molecule has 0 bridgehead atoms. The van der Waals surface area contributed by atoms with Gasteiger partial charge in [-0.15, -0.1) is 0 Å². The van der Waals surface area contributed by atoms with Crippen LogP contribution in [0.15, 0.2) is 47.0 Å². The number of nitrogens with zero attached hydrogens (tertiary/aromatic N) is 3. The molecule has 1 amide bonds. The highest BCUT2D eigenvalue weighted by atomic mass is 35.5. The van der Waals surface area contributed by atoms with Crippen LogP contribution in [0.25, 0.3) is 0 Å². The van der Waals surface area contributed by atoms with E-state index in [0.717, 1.165) is 0 Å². The number of benzene rings is 2. The summed E-state index contributed by atoms with van der Waals surface area (Å²) >= 11 is 6.13. The van der Waals surface area contributed by atoms with Gasteiger partial charge in [0.05, 0.1) is 5.56 Å². The van der Waals surface area contributed by atoms with Crippen molar-refractivity contribution in [2.75, 3.05) is 26.2 Å². The smallest absolute Gasteiger partial charge is 0.276 e. The first-order chi connectivity index (χ1) is 15.4. The fourth-order valence-electron chi connectivity index (χ4n) is 3.58. The Kier molecular flexibility index (Phi) is 6.72. The largest absolute Gasteiger partial charge is 0.489 e. The third kappa shape index (κ3) is 4.92. The molecule has 2 aromatic carbocycles. The molecule has 1 aromatic heterocycles. The van der Waals surface area contributed by atoms with Gasteiger partial charge >= 0.3 is 0 Å². The molecule has 0 aliphatic carbocycles. The predicted octanol–water partition coefficient (Wildman–Crippen LogP) is 4.45. The summed E-state index contributed by atoms with van der Waals surface area (Å²) in [6, 6.07) is 10.3. The van der Waals surface area contributed by atoms with E-state index in [4.69, 9.17) is 20.9 Å². The number of carbonyl (C=O) groups excluding carboxylic acids is 1. The first kappa shape index (κ1) is 22.2. The summed E-state index contributed by atoms with van der Waals surface area (Å²) in [4.78, 5) is 16.8. The fraction of sp³-hybridized carbons (Fsp3) is 0.304. The van der Waals surface area contributed by atoms with Gasteiger partial charge in [-0.1, -0.05) is 22.8 Å². The summed E-state index contributed by atoms with van der Waals surface area (Å²) < 4.78 is 38.1. The number of hydrogen-bond acceptors (Lipinski definition) is 5. The zero-order valence-electron chi connectivity index (χ0n) is 17.5. The summed E-state index contributed by atoms with van der Waals surface area (Å²) in [5, 5.41) is 4.34. The van der Waals surface area contributed by atoms with Crippen molar-refractivity contribution in [2.24, 2.45) is 0 Å². The molecule has 3 aromatic rings. The van der Waals surface area contributed by atoms with Crippen molar-refractivity contribution in [1.29, 1.82) is 0 Å². The molecular formula is C23H22ClF2N3O3. The molecule has 2 heterocycles. The van der Waals surface area contributed by atoms with Gasteiger partial charge in [-0.3, -0.25) is 9.69 Å². The van der Waals surface area contributed by atoms with Gasteiger partial charge in [-0.2, -0.15) is 0 Å². The second-order valence-corrected chi connectivity index (χ2v) is 7.98. The Morgan fingerprint density at radius 2 is 1.81 bits per heavy atom. The zero-order valence-corrected chi connectivity index (χ0v) is 18.2. The number of amides is 1. The van der Waals surface area contributed by atoms with Gasteiger partial charge in [0.2, 0.25) is 0 Å². The Morgan fingerprint density at radius 1 is 1.09 bits per heavy atom. The molecule has 1 fully saturated rings. The van der Waals surface area contributed by atoms with E-state index in [0.29, 0.717) is 60.4 Å². The van der Waals surface area contributed by atoms with E-state index in [9.17, 15) is 13.6 Å². The first-order valence-electron chi connectivity index (χ1n) is 10.2. The molecule has 0 radical (unpaired) electrons. The molecule has 0 atom stereocenters. The lowest BCUT2D eigenvalue weighted by atomic mass is 10.1. The lowest BCUT2D eigenvalue weighted by Gasteiger charge is -2.34. The highest BCUT2D eigenvalue weighted by Gasteiger charge is 2.28.